The van der Waals surface area contributed by atoms with Gasteiger partial charge in [-0.15, -0.1) is 0 Å². The molecule has 78 valence electrons. The maximum absolute atomic E-state index is 5.89. The molecule has 0 amide bonds. The first-order chi connectivity index (χ1) is 6.64. The zero-order valence-electron chi connectivity index (χ0n) is 8.90. The Morgan fingerprint density at radius 3 is 2.79 bits per heavy atom. The standard InChI is InChI=1S/C9H16BNO3/c1-11-4-9(5-12-2)7(13-3)6(11)8(10)14-9/h6-8H,4-5H2,1-3H3/t6-,7?,8+,9+/m0/s1. The van der Waals surface area contributed by atoms with Gasteiger partial charge in [0, 0.05) is 26.8 Å². The molecule has 0 aromatic carbocycles. The van der Waals surface area contributed by atoms with Crippen molar-refractivity contribution in [1.29, 1.82) is 0 Å². The number of likely N-dealkylation sites (N-methyl/N-ethyl adjacent to an activating group) is 1. The van der Waals surface area contributed by atoms with Crippen LogP contribution in [0.25, 0.3) is 0 Å². The van der Waals surface area contributed by atoms with Gasteiger partial charge in [-0.25, -0.2) is 0 Å². The predicted molar refractivity (Wildman–Crippen MR) is 52.4 cm³/mol. The summed E-state index contributed by atoms with van der Waals surface area (Å²) in [6.07, 6.45) is 0.0162. The zero-order valence-corrected chi connectivity index (χ0v) is 8.90. The molecule has 0 aromatic rings. The number of nitrogens with zero attached hydrogens (tertiary/aromatic N) is 1. The van der Waals surface area contributed by atoms with Gasteiger partial charge in [-0.1, -0.05) is 0 Å². The number of fused-ring (bicyclic) bond motifs is 2. The molecule has 0 spiro atoms. The van der Waals surface area contributed by atoms with Crippen LogP contribution in [0.2, 0.25) is 0 Å². The molecule has 4 atom stereocenters. The first-order valence-electron chi connectivity index (χ1n) is 4.80. The largest absolute Gasteiger partial charge is 0.382 e. The van der Waals surface area contributed by atoms with Crippen molar-refractivity contribution in [3.05, 3.63) is 0 Å². The Labute approximate surface area is 85.9 Å². The normalized spacial score (nSPS) is 47.5. The van der Waals surface area contributed by atoms with E-state index in [1.165, 1.54) is 0 Å². The van der Waals surface area contributed by atoms with E-state index in [2.05, 4.69) is 4.90 Å². The van der Waals surface area contributed by atoms with Gasteiger partial charge in [-0.05, 0) is 7.05 Å². The summed E-state index contributed by atoms with van der Waals surface area (Å²) in [6.45, 7) is 1.34. The molecule has 2 bridgehead atoms. The molecule has 2 heterocycles. The van der Waals surface area contributed by atoms with E-state index < -0.39 is 0 Å². The number of rotatable bonds is 3. The van der Waals surface area contributed by atoms with Gasteiger partial charge >= 0.3 is 0 Å². The molecule has 4 nitrogen and oxygen atoms in total. The van der Waals surface area contributed by atoms with Crippen LogP contribution < -0.4 is 0 Å². The molecule has 0 saturated carbocycles. The van der Waals surface area contributed by atoms with Crippen LogP contribution in [-0.4, -0.2) is 70.9 Å². The molecule has 14 heavy (non-hydrogen) atoms. The van der Waals surface area contributed by atoms with Gasteiger partial charge in [0.1, 0.15) is 19.6 Å². The number of methoxy groups -OCH3 is 2. The van der Waals surface area contributed by atoms with Crippen LogP contribution in [0.1, 0.15) is 0 Å². The Morgan fingerprint density at radius 1 is 1.57 bits per heavy atom. The fourth-order valence-corrected chi connectivity index (χ4v) is 2.79. The van der Waals surface area contributed by atoms with Gasteiger partial charge in [0.15, 0.2) is 0 Å². The molecule has 2 radical (unpaired) electrons. The quantitative estimate of drug-likeness (QED) is 0.555. The Balaban J connectivity index is 2.23. The number of ether oxygens (including phenoxy) is 3. The average Bonchev–Trinajstić information content (AvgIpc) is 2.51. The molecule has 2 aliphatic heterocycles. The highest BCUT2D eigenvalue weighted by atomic mass is 16.6. The van der Waals surface area contributed by atoms with Crippen molar-refractivity contribution in [2.45, 2.75) is 23.8 Å². The van der Waals surface area contributed by atoms with E-state index in [9.17, 15) is 0 Å². The summed E-state index contributed by atoms with van der Waals surface area (Å²) in [6, 6.07) is -0.121. The second-order valence-corrected chi connectivity index (χ2v) is 4.14. The van der Waals surface area contributed by atoms with Crippen LogP contribution in [0.4, 0.5) is 0 Å². The summed E-state index contributed by atoms with van der Waals surface area (Å²) in [5.74, 6) is 0. The van der Waals surface area contributed by atoms with E-state index >= 15 is 0 Å². The summed E-state index contributed by atoms with van der Waals surface area (Å²) in [7, 11) is 11.3. The third-order valence-electron chi connectivity index (χ3n) is 3.20. The van der Waals surface area contributed by atoms with Crippen molar-refractivity contribution in [1.82, 2.24) is 4.90 Å². The monoisotopic (exact) mass is 197 g/mol. The molecule has 2 rings (SSSR count). The van der Waals surface area contributed by atoms with E-state index in [-0.39, 0.29) is 23.8 Å². The summed E-state index contributed by atoms with van der Waals surface area (Å²) < 4.78 is 16.4. The highest BCUT2D eigenvalue weighted by Gasteiger charge is 2.61. The Hall–Kier alpha value is -0.0951. The Kier molecular flexibility index (Phi) is 2.60. The summed E-state index contributed by atoms with van der Waals surface area (Å²) in [5, 5.41) is 0. The van der Waals surface area contributed by atoms with Crippen LogP contribution in [-0.2, 0) is 14.2 Å². The molecule has 2 aliphatic rings. The van der Waals surface area contributed by atoms with Gasteiger partial charge in [0.25, 0.3) is 0 Å². The number of likely N-dealkylation sites (tertiary alicyclic amines) is 1. The molecule has 2 saturated heterocycles. The molecule has 1 unspecified atom stereocenters. The fourth-order valence-electron chi connectivity index (χ4n) is 2.79. The van der Waals surface area contributed by atoms with Crippen LogP contribution in [0, 0.1) is 0 Å². The highest BCUT2D eigenvalue weighted by molar-refractivity contribution is 6.12. The molecule has 2 fully saturated rings. The Morgan fingerprint density at radius 2 is 2.29 bits per heavy atom. The van der Waals surface area contributed by atoms with Crippen molar-refractivity contribution < 1.29 is 14.2 Å². The minimum atomic E-state index is -0.373. The van der Waals surface area contributed by atoms with E-state index in [4.69, 9.17) is 22.1 Å². The number of morpholine rings is 1. The summed E-state index contributed by atoms with van der Waals surface area (Å²) in [5.41, 5.74) is -0.373. The lowest BCUT2D eigenvalue weighted by Crippen LogP contribution is -2.48. The minimum Gasteiger partial charge on any atom is -0.382 e. The van der Waals surface area contributed by atoms with Gasteiger partial charge in [0.05, 0.1) is 12.6 Å². The summed E-state index contributed by atoms with van der Waals surface area (Å²) in [4.78, 5) is 2.18. The third kappa shape index (κ3) is 1.23. The van der Waals surface area contributed by atoms with Gasteiger partial charge < -0.3 is 14.2 Å². The average molecular weight is 197 g/mol. The molecular weight excluding hydrogens is 181 g/mol. The van der Waals surface area contributed by atoms with Gasteiger partial charge in [0.2, 0.25) is 0 Å². The third-order valence-corrected chi connectivity index (χ3v) is 3.20. The van der Waals surface area contributed by atoms with E-state index in [0.29, 0.717) is 6.61 Å². The second kappa shape index (κ2) is 3.49. The van der Waals surface area contributed by atoms with Crippen LogP contribution >= 0.6 is 0 Å². The highest BCUT2D eigenvalue weighted by Crippen LogP contribution is 2.41. The first kappa shape index (κ1) is 10.4. The fraction of sp³-hybridized carbons (Fsp3) is 1.00. The van der Waals surface area contributed by atoms with E-state index in [1.54, 1.807) is 14.2 Å². The van der Waals surface area contributed by atoms with Crippen molar-refractivity contribution in [3.63, 3.8) is 0 Å². The van der Waals surface area contributed by atoms with Crippen LogP contribution in [0.15, 0.2) is 0 Å². The zero-order chi connectivity index (χ0) is 10.3. The molecule has 0 aromatic heterocycles. The molecule has 0 N–H and O–H groups in total. The smallest absolute Gasteiger partial charge is 0.131 e. The van der Waals surface area contributed by atoms with E-state index in [0.717, 1.165) is 6.54 Å². The van der Waals surface area contributed by atoms with Crippen molar-refractivity contribution in [3.8, 4) is 0 Å². The summed E-state index contributed by atoms with van der Waals surface area (Å²) >= 11 is 0. The molecular formula is C9H16BNO3. The van der Waals surface area contributed by atoms with E-state index in [1.807, 2.05) is 7.05 Å². The predicted octanol–water partition coefficient (Wildman–Crippen LogP) is -0.775. The number of hydrogen-bond acceptors (Lipinski definition) is 4. The topological polar surface area (TPSA) is 30.9 Å². The lowest BCUT2D eigenvalue weighted by molar-refractivity contribution is -0.118. The molecule has 0 aliphatic carbocycles. The first-order valence-corrected chi connectivity index (χ1v) is 4.80. The maximum atomic E-state index is 5.89. The van der Waals surface area contributed by atoms with Crippen molar-refractivity contribution >= 4 is 7.85 Å². The van der Waals surface area contributed by atoms with Crippen LogP contribution in [0.5, 0.6) is 0 Å². The van der Waals surface area contributed by atoms with Gasteiger partial charge in [-0.2, -0.15) is 0 Å². The van der Waals surface area contributed by atoms with Gasteiger partial charge in [-0.3, -0.25) is 4.90 Å². The number of hydrogen-bond donors (Lipinski definition) is 0. The lowest BCUT2D eigenvalue weighted by Gasteiger charge is -2.33. The minimum absolute atomic E-state index is 0.0162. The second-order valence-electron chi connectivity index (χ2n) is 4.14. The van der Waals surface area contributed by atoms with Crippen molar-refractivity contribution in [2.24, 2.45) is 0 Å². The van der Waals surface area contributed by atoms with Crippen LogP contribution in [0.3, 0.4) is 0 Å². The lowest BCUT2D eigenvalue weighted by atomic mass is 9.90. The maximum Gasteiger partial charge on any atom is 0.131 e. The van der Waals surface area contributed by atoms with Crippen molar-refractivity contribution in [2.75, 3.05) is 34.4 Å². The SMILES string of the molecule is [B][C@@H]1O[C@@]2(COC)CN(C)[C@H]1C2OC. The molecule has 5 heteroatoms. The Bertz CT molecular complexity index is 214.